The monoisotopic (exact) mass is 351 g/mol. The minimum absolute atomic E-state index is 0.0545. The van der Waals surface area contributed by atoms with Crippen LogP contribution in [0.5, 0.6) is 0 Å². The van der Waals surface area contributed by atoms with Crippen molar-refractivity contribution in [2.45, 2.75) is 26.3 Å². The van der Waals surface area contributed by atoms with E-state index in [2.05, 4.69) is 4.98 Å². The van der Waals surface area contributed by atoms with Crippen molar-refractivity contribution in [2.75, 3.05) is 20.1 Å². The Bertz CT molecular complexity index is 759. The van der Waals surface area contributed by atoms with Gasteiger partial charge in [-0.1, -0.05) is 29.8 Å². The van der Waals surface area contributed by atoms with Gasteiger partial charge in [-0.15, -0.1) is 0 Å². The lowest BCUT2D eigenvalue weighted by Crippen LogP contribution is -2.35. The number of amides is 2. The van der Waals surface area contributed by atoms with Crippen molar-refractivity contribution in [3.63, 3.8) is 0 Å². The Morgan fingerprint density at radius 1 is 1.15 bits per heavy atom. The largest absolute Gasteiger partial charge is 0.345 e. The maximum atomic E-state index is 12.7. The normalized spacial score (nSPS) is 16.8. The fourth-order valence-electron chi connectivity index (χ4n) is 3.27. The fourth-order valence-corrected chi connectivity index (χ4v) is 3.27. The van der Waals surface area contributed by atoms with Crippen LogP contribution in [0.25, 0.3) is 0 Å². The number of aromatic nitrogens is 1. The first-order chi connectivity index (χ1) is 12.5. The van der Waals surface area contributed by atoms with Crippen molar-refractivity contribution in [3.8, 4) is 0 Å². The highest BCUT2D eigenvalue weighted by atomic mass is 16.2. The van der Waals surface area contributed by atoms with Gasteiger partial charge in [0.25, 0.3) is 0 Å². The Balaban J connectivity index is 1.53. The molecular formula is C21H25N3O2. The third-order valence-corrected chi connectivity index (χ3v) is 4.92. The average molecular weight is 351 g/mol. The summed E-state index contributed by atoms with van der Waals surface area (Å²) in [5.41, 5.74) is 3.46. The first-order valence-electron chi connectivity index (χ1n) is 9.00. The first kappa shape index (κ1) is 18.1. The maximum absolute atomic E-state index is 12.7. The van der Waals surface area contributed by atoms with Crippen LogP contribution >= 0.6 is 0 Å². The minimum atomic E-state index is -0.240. The standard InChI is InChI=1S/C21H25N3O2/c1-16-3-5-18(6-4-16)14-24-15-19(13-20(24)25)21(26)23(2)12-9-17-7-10-22-11-8-17/h3-8,10-11,19H,9,12-15H2,1-2H3. The van der Waals surface area contributed by atoms with Gasteiger partial charge in [-0.05, 0) is 36.6 Å². The van der Waals surface area contributed by atoms with Gasteiger partial charge in [0.2, 0.25) is 11.8 Å². The summed E-state index contributed by atoms with van der Waals surface area (Å²) in [7, 11) is 1.82. The highest BCUT2D eigenvalue weighted by molar-refractivity contribution is 5.89. The van der Waals surface area contributed by atoms with Crippen LogP contribution in [0.3, 0.4) is 0 Å². The molecule has 5 nitrogen and oxygen atoms in total. The van der Waals surface area contributed by atoms with E-state index < -0.39 is 0 Å². The van der Waals surface area contributed by atoms with Crippen molar-refractivity contribution in [3.05, 3.63) is 65.5 Å². The van der Waals surface area contributed by atoms with E-state index in [-0.39, 0.29) is 17.7 Å². The summed E-state index contributed by atoms with van der Waals surface area (Å²) < 4.78 is 0. The lowest BCUT2D eigenvalue weighted by Gasteiger charge is -2.21. The predicted octanol–water partition coefficient (Wildman–Crippen LogP) is 2.44. The van der Waals surface area contributed by atoms with Crippen LogP contribution in [0, 0.1) is 12.8 Å². The third-order valence-electron chi connectivity index (χ3n) is 4.92. The molecule has 1 atom stereocenters. The molecule has 1 aromatic carbocycles. The number of benzene rings is 1. The summed E-state index contributed by atoms with van der Waals surface area (Å²) in [4.78, 5) is 32.5. The first-order valence-corrected chi connectivity index (χ1v) is 9.00. The van der Waals surface area contributed by atoms with Crippen LogP contribution in [-0.2, 0) is 22.6 Å². The highest BCUT2D eigenvalue weighted by Crippen LogP contribution is 2.22. The van der Waals surface area contributed by atoms with Gasteiger partial charge in [0, 0.05) is 45.5 Å². The summed E-state index contributed by atoms with van der Waals surface area (Å²) in [5, 5.41) is 0. The van der Waals surface area contributed by atoms with Crippen LogP contribution in [0.4, 0.5) is 0 Å². The number of likely N-dealkylation sites (N-methyl/N-ethyl adjacent to an activating group) is 1. The van der Waals surface area contributed by atoms with Crippen molar-refractivity contribution in [1.29, 1.82) is 0 Å². The van der Waals surface area contributed by atoms with Crippen LogP contribution in [0.2, 0.25) is 0 Å². The molecule has 0 radical (unpaired) electrons. The number of hydrogen-bond donors (Lipinski definition) is 0. The molecule has 1 unspecified atom stereocenters. The second-order valence-corrected chi connectivity index (χ2v) is 7.03. The Hall–Kier alpha value is -2.69. The number of nitrogens with zero attached hydrogens (tertiary/aromatic N) is 3. The fraction of sp³-hybridized carbons (Fsp3) is 0.381. The zero-order valence-electron chi connectivity index (χ0n) is 15.4. The molecule has 1 saturated heterocycles. The van der Waals surface area contributed by atoms with Crippen molar-refractivity contribution in [1.82, 2.24) is 14.8 Å². The van der Waals surface area contributed by atoms with E-state index >= 15 is 0 Å². The molecule has 2 amide bonds. The molecule has 1 aliphatic heterocycles. The molecule has 0 N–H and O–H groups in total. The lowest BCUT2D eigenvalue weighted by atomic mass is 10.1. The third kappa shape index (κ3) is 4.48. The number of rotatable bonds is 6. The van der Waals surface area contributed by atoms with Gasteiger partial charge in [-0.2, -0.15) is 0 Å². The molecule has 26 heavy (non-hydrogen) atoms. The van der Waals surface area contributed by atoms with Gasteiger partial charge in [0.15, 0.2) is 0 Å². The predicted molar refractivity (Wildman–Crippen MR) is 100 cm³/mol. The summed E-state index contributed by atoms with van der Waals surface area (Å²) in [6.07, 6.45) is 4.62. The van der Waals surface area contributed by atoms with Gasteiger partial charge in [0.05, 0.1) is 5.92 Å². The molecule has 0 bridgehead atoms. The smallest absolute Gasteiger partial charge is 0.227 e. The number of carbonyl (C=O) groups is 2. The number of hydrogen-bond acceptors (Lipinski definition) is 3. The van der Waals surface area contributed by atoms with E-state index in [1.165, 1.54) is 5.56 Å². The summed E-state index contributed by atoms with van der Waals surface area (Å²) in [6, 6.07) is 12.1. The molecule has 0 saturated carbocycles. The molecule has 3 rings (SSSR count). The second-order valence-electron chi connectivity index (χ2n) is 7.03. The van der Waals surface area contributed by atoms with Crippen LogP contribution in [-0.4, -0.2) is 46.7 Å². The molecule has 136 valence electrons. The van der Waals surface area contributed by atoms with Gasteiger partial charge >= 0.3 is 0 Å². The maximum Gasteiger partial charge on any atom is 0.227 e. The lowest BCUT2D eigenvalue weighted by molar-refractivity contribution is -0.134. The Labute approximate surface area is 154 Å². The Morgan fingerprint density at radius 2 is 1.85 bits per heavy atom. The Morgan fingerprint density at radius 3 is 2.54 bits per heavy atom. The van der Waals surface area contributed by atoms with Crippen molar-refractivity contribution in [2.24, 2.45) is 5.92 Å². The zero-order valence-corrected chi connectivity index (χ0v) is 15.4. The minimum Gasteiger partial charge on any atom is -0.345 e. The topological polar surface area (TPSA) is 53.5 Å². The van der Waals surface area contributed by atoms with Gasteiger partial charge < -0.3 is 9.80 Å². The Kier molecular flexibility index (Phi) is 5.66. The molecule has 1 aromatic heterocycles. The second kappa shape index (κ2) is 8.13. The van der Waals surface area contributed by atoms with Gasteiger partial charge in [0.1, 0.15) is 0 Å². The molecule has 0 spiro atoms. The summed E-state index contributed by atoms with van der Waals surface area (Å²) in [5.74, 6) is -0.124. The van der Waals surface area contributed by atoms with E-state index in [1.54, 1.807) is 22.2 Å². The van der Waals surface area contributed by atoms with Gasteiger partial charge in [-0.25, -0.2) is 0 Å². The summed E-state index contributed by atoms with van der Waals surface area (Å²) >= 11 is 0. The number of pyridine rings is 1. The SMILES string of the molecule is Cc1ccc(CN2CC(C(=O)N(C)CCc3ccncc3)CC2=O)cc1. The molecule has 2 aromatic rings. The van der Waals surface area contributed by atoms with Crippen LogP contribution < -0.4 is 0 Å². The molecule has 1 fully saturated rings. The van der Waals surface area contributed by atoms with Crippen LogP contribution in [0.1, 0.15) is 23.1 Å². The van der Waals surface area contributed by atoms with E-state index in [0.717, 1.165) is 17.5 Å². The van der Waals surface area contributed by atoms with E-state index in [9.17, 15) is 9.59 Å². The van der Waals surface area contributed by atoms with E-state index in [0.29, 0.717) is 26.1 Å². The summed E-state index contributed by atoms with van der Waals surface area (Å²) in [6.45, 7) is 3.77. The average Bonchev–Trinajstić information content (AvgIpc) is 3.02. The van der Waals surface area contributed by atoms with Crippen molar-refractivity contribution < 1.29 is 9.59 Å². The zero-order chi connectivity index (χ0) is 18.5. The number of likely N-dealkylation sites (tertiary alicyclic amines) is 1. The molecule has 0 aliphatic carbocycles. The highest BCUT2D eigenvalue weighted by Gasteiger charge is 2.35. The molecule has 1 aliphatic rings. The van der Waals surface area contributed by atoms with Gasteiger partial charge in [-0.3, -0.25) is 14.6 Å². The molecule has 5 heteroatoms. The van der Waals surface area contributed by atoms with Crippen molar-refractivity contribution >= 4 is 11.8 Å². The van der Waals surface area contributed by atoms with E-state index in [1.807, 2.05) is 50.4 Å². The quantitative estimate of drug-likeness (QED) is 0.803. The molecular weight excluding hydrogens is 326 g/mol. The molecule has 2 heterocycles. The van der Waals surface area contributed by atoms with E-state index in [4.69, 9.17) is 0 Å². The number of carbonyl (C=O) groups excluding carboxylic acids is 2. The number of aryl methyl sites for hydroxylation is 1. The van der Waals surface area contributed by atoms with Crippen LogP contribution in [0.15, 0.2) is 48.8 Å².